The summed E-state index contributed by atoms with van der Waals surface area (Å²) in [5, 5.41) is 9.97. The highest BCUT2D eigenvalue weighted by Crippen LogP contribution is 2.24. The van der Waals surface area contributed by atoms with Crippen LogP contribution in [0.25, 0.3) is 16.9 Å². The summed E-state index contributed by atoms with van der Waals surface area (Å²) >= 11 is 0. The number of esters is 1. The average molecular weight is 449 g/mol. The summed E-state index contributed by atoms with van der Waals surface area (Å²) in [5.41, 5.74) is 1.71. The number of ether oxygens (including phenoxy) is 1. The first-order valence-electron chi connectivity index (χ1n) is 10.6. The van der Waals surface area contributed by atoms with Gasteiger partial charge in [0.05, 0.1) is 11.4 Å². The molecular formula is C25H28N4O4. The Morgan fingerprint density at radius 2 is 1.61 bits per heavy atom. The zero-order chi connectivity index (χ0) is 24.0. The van der Waals surface area contributed by atoms with Gasteiger partial charge in [0.1, 0.15) is 11.9 Å². The maximum atomic E-state index is 12.5. The van der Waals surface area contributed by atoms with Gasteiger partial charge in [-0.15, -0.1) is 0 Å². The number of carbonyl (C=O) groups excluding carboxylic acids is 3. The predicted molar refractivity (Wildman–Crippen MR) is 126 cm³/mol. The van der Waals surface area contributed by atoms with Crippen LogP contribution in [0.5, 0.6) is 0 Å². The number of nitrogens with zero attached hydrogens (tertiary/aromatic N) is 2. The van der Waals surface area contributed by atoms with E-state index < -0.39 is 29.9 Å². The maximum absolute atomic E-state index is 12.5. The Morgan fingerprint density at radius 1 is 1.00 bits per heavy atom. The molecule has 172 valence electrons. The lowest BCUT2D eigenvalue weighted by Crippen LogP contribution is -2.45. The Bertz CT molecular complexity index is 1120. The largest absolute Gasteiger partial charge is 0.454 e. The van der Waals surface area contributed by atoms with Crippen LogP contribution in [0.3, 0.4) is 0 Å². The van der Waals surface area contributed by atoms with Crippen LogP contribution in [-0.2, 0) is 19.1 Å². The summed E-state index contributed by atoms with van der Waals surface area (Å²) in [7, 11) is 0. The Labute approximate surface area is 193 Å². The number of carbonyl (C=O) groups is 3. The van der Waals surface area contributed by atoms with Crippen LogP contribution in [0.2, 0.25) is 0 Å². The molecule has 0 aliphatic carbocycles. The lowest BCUT2D eigenvalue weighted by Gasteiger charge is -2.20. The molecule has 0 saturated carbocycles. The summed E-state index contributed by atoms with van der Waals surface area (Å²) in [6, 6.07) is 19.9. The van der Waals surface area contributed by atoms with Crippen molar-refractivity contribution in [1.29, 1.82) is 0 Å². The minimum Gasteiger partial charge on any atom is -0.454 e. The van der Waals surface area contributed by atoms with Crippen LogP contribution in [0.15, 0.2) is 66.7 Å². The van der Waals surface area contributed by atoms with Gasteiger partial charge in [-0.25, -0.2) is 9.48 Å². The number of nitrogens with one attached hydrogen (secondary N) is 2. The zero-order valence-electron chi connectivity index (χ0n) is 19.2. The second kappa shape index (κ2) is 10.1. The number of hydrogen-bond acceptors (Lipinski definition) is 5. The van der Waals surface area contributed by atoms with Gasteiger partial charge in [0.25, 0.3) is 5.91 Å². The molecule has 1 aromatic heterocycles. The SMILES string of the molecule is C[C@H](NC(=O)C(C)(C)C)C(=O)OCC(=O)Nc1cc(-c2ccccc2)nn1-c1ccccc1. The van der Waals surface area contributed by atoms with E-state index in [0.717, 1.165) is 11.3 Å². The molecule has 0 unspecified atom stereocenters. The highest BCUT2D eigenvalue weighted by molar-refractivity contribution is 5.94. The zero-order valence-corrected chi connectivity index (χ0v) is 19.2. The summed E-state index contributed by atoms with van der Waals surface area (Å²) < 4.78 is 6.71. The van der Waals surface area contributed by atoms with Gasteiger partial charge in [-0.2, -0.15) is 5.10 Å². The Morgan fingerprint density at radius 3 is 2.21 bits per heavy atom. The van der Waals surface area contributed by atoms with Gasteiger partial charge in [0.15, 0.2) is 6.61 Å². The molecule has 0 bridgehead atoms. The molecule has 2 amide bonds. The molecule has 0 fully saturated rings. The molecule has 3 rings (SSSR count). The average Bonchev–Trinajstić information content (AvgIpc) is 3.21. The second-order valence-corrected chi connectivity index (χ2v) is 8.63. The van der Waals surface area contributed by atoms with Crippen molar-refractivity contribution in [3.05, 3.63) is 66.7 Å². The number of benzene rings is 2. The maximum Gasteiger partial charge on any atom is 0.328 e. The van der Waals surface area contributed by atoms with E-state index in [4.69, 9.17) is 4.74 Å². The number of hydrogen-bond donors (Lipinski definition) is 2. The second-order valence-electron chi connectivity index (χ2n) is 8.63. The lowest BCUT2D eigenvalue weighted by atomic mass is 9.95. The van der Waals surface area contributed by atoms with Crippen molar-refractivity contribution < 1.29 is 19.1 Å². The summed E-state index contributed by atoms with van der Waals surface area (Å²) in [4.78, 5) is 36.8. The third-order valence-corrected chi connectivity index (χ3v) is 4.78. The van der Waals surface area contributed by atoms with Crippen molar-refractivity contribution in [3.8, 4) is 16.9 Å². The molecule has 0 spiro atoms. The topological polar surface area (TPSA) is 102 Å². The quantitative estimate of drug-likeness (QED) is 0.538. The Kier molecular flexibility index (Phi) is 7.27. The highest BCUT2D eigenvalue weighted by Gasteiger charge is 2.26. The number of aromatic nitrogens is 2. The van der Waals surface area contributed by atoms with Crippen LogP contribution in [-0.4, -0.2) is 40.2 Å². The minimum absolute atomic E-state index is 0.281. The van der Waals surface area contributed by atoms with Crippen molar-refractivity contribution in [1.82, 2.24) is 15.1 Å². The van der Waals surface area contributed by atoms with Crippen LogP contribution in [0, 0.1) is 5.41 Å². The predicted octanol–water partition coefficient (Wildman–Crippen LogP) is 3.57. The van der Waals surface area contributed by atoms with Crippen LogP contribution in [0.4, 0.5) is 5.82 Å². The number of rotatable bonds is 7. The summed E-state index contributed by atoms with van der Waals surface area (Å²) in [6.07, 6.45) is 0. The monoisotopic (exact) mass is 448 g/mol. The molecule has 3 aromatic rings. The van der Waals surface area contributed by atoms with E-state index in [-0.39, 0.29) is 5.91 Å². The molecule has 1 heterocycles. The van der Waals surface area contributed by atoms with Crippen LogP contribution in [0.1, 0.15) is 27.7 Å². The molecule has 0 radical (unpaired) electrons. The van der Waals surface area contributed by atoms with E-state index in [1.54, 1.807) is 31.5 Å². The molecule has 8 heteroatoms. The van der Waals surface area contributed by atoms with Crippen LogP contribution < -0.4 is 10.6 Å². The number of amides is 2. The molecule has 0 saturated heterocycles. The van der Waals surface area contributed by atoms with Gasteiger partial charge in [-0.1, -0.05) is 69.3 Å². The normalized spacial score (nSPS) is 12.0. The van der Waals surface area contributed by atoms with Gasteiger partial charge in [0.2, 0.25) is 5.91 Å². The molecule has 2 aromatic carbocycles. The minimum atomic E-state index is -0.871. The van der Waals surface area contributed by atoms with Gasteiger partial charge >= 0.3 is 5.97 Å². The van der Waals surface area contributed by atoms with Crippen molar-refractivity contribution >= 4 is 23.6 Å². The first-order valence-corrected chi connectivity index (χ1v) is 10.6. The van der Waals surface area contributed by atoms with Crippen molar-refractivity contribution in [3.63, 3.8) is 0 Å². The Hall–Kier alpha value is -3.94. The van der Waals surface area contributed by atoms with Crippen LogP contribution >= 0.6 is 0 Å². The molecule has 1 atom stereocenters. The van der Waals surface area contributed by atoms with E-state index in [1.165, 1.54) is 6.92 Å². The number of anilines is 1. The van der Waals surface area contributed by atoms with E-state index in [2.05, 4.69) is 15.7 Å². The molecule has 0 aliphatic heterocycles. The highest BCUT2D eigenvalue weighted by atomic mass is 16.5. The molecule has 8 nitrogen and oxygen atoms in total. The van der Waals surface area contributed by atoms with Crippen molar-refractivity contribution in [2.45, 2.75) is 33.7 Å². The molecule has 0 aliphatic rings. The van der Waals surface area contributed by atoms with Gasteiger partial charge in [-0.3, -0.25) is 9.59 Å². The van der Waals surface area contributed by atoms with E-state index in [1.807, 2.05) is 60.7 Å². The summed E-state index contributed by atoms with van der Waals surface area (Å²) in [6.45, 7) is 6.25. The fourth-order valence-corrected chi connectivity index (χ4v) is 2.90. The Balaban J connectivity index is 1.69. The standard InChI is InChI=1S/C25H28N4O4/c1-17(26-24(32)25(2,3)4)23(31)33-16-22(30)27-21-15-20(18-11-7-5-8-12-18)28-29(21)19-13-9-6-10-14-19/h5-15,17H,16H2,1-4H3,(H,26,32)(H,27,30)/t17-/m0/s1. The molecule has 2 N–H and O–H groups in total. The van der Waals surface area contributed by atoms with E-state index >= 15 is 0 Å². The van der Waals surface area contributed by atoms with Gasteiger partial charge in [-0.05, 0) is 19.1 Å². The van der Waals surface area contributed by atoms with Gasteiger partial charge < -0.3 is 15.4 Å². The smallest absolute Gasteiger partial charge is 0.328 e. The number of para-hydroxylation sites is 1. The first kappa shape index (κ1) is 23.7. The summed E-state index contributed by atoms with van der Waals surface area (Å²) in [5.74, 6) is -1.05. The lowest BCUT2D eigenvalue weighted by molar-refractivity contribution is -0.150. The fourth-order valence-electron chi connectivity index (χ4n) is 2.90. The van der Waals surface area contributed by atoms with Gasteiger partial charge in [0, 0.05) is 17.0 Å². The molecular weight excluding hydrogens is 420 g/mol. The molecule has 33 heavy (non-hydrogen) atoms. The van der Waals surface area contributed by atoms with Crippen molar-refractivity contribution in [2.75, 3.05) is 11.9 Å². The van der Waals surface area contributed by atoms with E-state index in [0.29, 0.717) is 11.5 Å². The third-order valence-electron chi connectivity index (χ3n) is 4.78. The fraction of sp³-hybridized carbons (Fsp3) is 0.280. The van der Waals surface area contributed by atoms with Crippen molar-refractivity contribution in [2.24, 2.45) is 5.41 Å². The first-order chi connectivity index (χ1) is 15.6. The van der Waals surface area contributed by atoms with E-state index in [9.17, 15) is 14.4 Å². The third kappa shape index (κ3) is 6.29.